The standard InChI is InChI=1S/C12H13Cl2N3O/c1-5(2)8-10(13)15-12(16-11(8)14)9-6(3)17-18-7(9)4/h5H,1-4H3. The summed E-state index contributed by atoms with van der Waals surface area (Å²) < 4.78 is 5.09. The molecule has 0 aromatic carbocycles. The molecule has 0 N–H and O–H groups in total. The molecule has 0 aliphatic carbocycles. The number of aromatic nitrogens is 3. The first kappa shape index (κ1) is 13.3. The largest absolute Gasteiger partial charge is 0.361 e. The van der Waals surface area contributed by atoms with Crippen LogP contribution in [0.15, 0.2) is 4.52 Å². The van der Waals surface area contributed by atoms with E-state index in [0.29, 0.717) is 21.9 Å². The number of halogens is 2. The summed E-state index contributed by atoms with van der Waals surface area (Å²) in [5.41, 5.74) is 2.22. The van der Waals surface area contributed by atoms with Crippen molar-refractivity contribution in [2.75, 3.05) is 0 Å². The average molecular weight is 286 g/mol. The summed E-state index contributed by atoms with van der Waals surface area (Å²) in [6, 6.07) is 0. The molecule has 0 bridgehead atoms. The molecular weight excluding hydrogens is 273 g/mol. The van der Waals surface area contributed by atoms with E-state index in [-0.39, 0.29) is 5.92 Å². The van der Waals surface area contributed by atoms with Crippen LogP contribution >= 0.6 is 23.2 Å². The van der Waals surface area contributed by atoms with Gasteiger partial charge in [-0.1, -0.05) is 42.2 Å². The quantitative estimate of drug-likeness (QED) is 0.777. The highest BCUT2D eigenvalue weighted by Gasteiger charge is 2.19. The molecule has 0 saturated carbocycles. The molecule has 2 aromatic heterocycles. The van der Waals surface area contributed by atoms with Crippen LogP contribution < -0.4 is 0 Å². The topological polar surface area (TPSA) is 51.8 Å². The zero-order chi connectivity index (χ0) is 13.4. The van der Waals surface area contributed by atoms with Crippen LogP contribution in [-0.2, 0) is 0 Å². The van der Waals surface area contributed by atoms with E-state index < -0.39 is 0 Å². The fourth-order valence-electron chi connectivity index (χ4n) is 1.81. The van der Waals surface area contributed by atoms with Crippen LogP contribution in [0.1, 0.15) is 36.8 Å². The number of rotatable bonds is 2. The second-order valence-corrected chi connectivity index (χ2v) is 5.11. The lowest BCUT2D eigenvalue weighted by atomic mass is 10.1. The van der Waals surface area contributed by atoms with Gasteiger partial charge in [-0.3, -0.25) is 0 Å². The van der Waals surface area contributed by atoms with Crippen LogP contribution in [0.5, 0.6) is 0 Å². The van der Waals surface area contributed by atoms with E-state index in [2.05, 4.69) is 15.1 Å². The van der Waals surface area contributed by atoms with E-state index in [1.54, 1.807) is 6.92 Å². The second kappa shape index (κ2) is 4.86. The Morgan fingerprint density at radius 1 is 1.06 bits per heavy atom. The van der Waals surface area contributed by atoms with Crippen LogP contribution in [0.3, 0.4) is 0 Å². The summed E-state index contributed by atoms with van der Waals surface area (Å²) in [5, 5.41) is 4.62. The fraction of sp³-hybridized carbons (Fsp3) is 0.417. The Kier molecular flexibility index (Phi) is 3.59. The van der Waals surface area contributed by atoms with E-state index in [1.807, 2.05) is 20.8 Å². The van der Waals surface area contributed by atoms with Crippen LogP contribution in [0, 0.1) is 13.8 Å². The Morgan fingerprint density at radius 2 is 1.61 bits per heavy atom. The Labute approximate surface area is 115 Å². The normalized spacial score (nSPS) is 11.3. The summed E-state index contributed by atoms with van der Waals surface area (Å²) in [5.74, 6) is 1.27. The Morgan fingerprint density at radius 3 is 2.00 bits per heavy atom. The van der Waals surface area contributed by atoms with Crippen molar-refractivity contribution in [1.29, 1.82) is 0 Å². The van der Waals surface area contributed by atoms with Gasteiger partial charge in [0.05, 0.1) is 11.3 Å². The van der Waals surface area contributed by atoms with E-state index >= 15 is 0 Å². The molecule has 0 aliphatic rings. The summed E-state index contributed by atoms with van der Waals surface area (Å²) >= 11 is 12.3. The number of aryl methyl sites for hydroxylation is 2. The average Bonchev–Trinajstić information content (AvgIpc) is 2.56. The summed E-state index contributed by atoms with van der Waals surface area (Å²) in [4.78, 5) is 8.58. The third kappa shape index (κ3) is 2.22. The van der Waals surface area contributed by atoms with Crippen LogP contribution in [0.4, 0.5) is 0 Å². The molecule has 4 nitrogen and oxygen atoms in total. The van der Waals surface area contributed by atoms with Gasteiger partial charge < -0.3 is 4.52 Å². The maximum Gasteiger partial charge on any atom is 0.168 e. The van der Waals surface area contributed by atoms with E-state index in [9.17, 15) is 0 Å². The minimum atomic E-state index is 0.170. The van der Waals surface area contributed by atoms with Gasteiger partial charge in [-0.25, -0.2) is 9.97 Å². The monoisotopic (exact) mass is 285 g/mol. The maximum absolute atomic E-state index is 6.16. The molecule has 0 unspecified atom stereocenters. The molecule has 96 valence electrons. The SMILES string of the molecule is Cc1noc(C)c1-c1nc(Cl)c(C(C)C)c(Cl)n1. The van der Waals surface area contributed by atoms with Gasteiger partial charge in [-0.2, -0.15) is 0 Å². The summed E-state index contributed by atoms with van der Waals surface area (Å²) in [7, 11) is 0. The Hall–Kier alpha value is -1.13. The second-order valence-electron chi connectivity index (χ2n) is 4.40. The molecule has 0 fully saturated rings. The molecule has 0 atom stereocenters. The molecule has 0 spiro atoms. The van der Waals surface area contributed by atoms with Crippen molar-refractivity contribution in [3.05, 3.63) is 27.3 Å². The molecule has 2 heterocycles. The molecule has 2 rings (SSSR count). The summed E-state index contributed by atoms with van der Waals surface area (Å²) in [6.45, 7) is 7.61. The van der Waals surface area contributed by atoms with E-state index in [4.69, 9.17) is 27.7 Å². The minimum Gasteiger partial charge on any atom is -0.361 e. The predicted molar refractivity (Wildman–Crippen MR) is 71.1 cm³/mol. The predicted octanol–water partition coefficient (Wildman–Crippen LogP) is 4.18. The highest BCUT2D eigenvalue weighted by atomic mass is 35.5. The van der Waals surface area contributed by atoms with Gasteiger partial charge in [-0.15, -0.1) is 0 Å². The first-order valence-electron chi connectivity index (χ1n) is 5.58. The fourth-order valence-corrected chi connectivity index (χ4v) is 2.63. The van der Waals surface area contributed by atoms with Gasteiger partial charge in [0.2, 0.25) is 0 Å². The van der Waals surface area contributed by atoms with Crippen molar-refractivity contribution >= 4 is 23.2 Å². The molecular formula is C12H13Cl2N3O. The smallest absolute Gasteiger partial charge is 0.168 e. The highest BCUT2D eigenvalue weighted by molar-refractivity contribution is 6.34. The van der Waals surface area contributed by atoms with E-state index in [1.165, 1.54) is 0 Å². The molecule has 0 aliphatic heterocycles. The first-order chi connectivity index (χ1) is 8.41. The van der Waals surface area contributed by atoms with Gasteiger partial charge in [-0.05, 0) is 19.8 Å². The Balaban J connectivity index is 2.62. The molecule has 6 heteroatoms. The van der Waals surface area contributed by atoms with Crippen LogP contribution in [0.25, 0.3) is 11.4 Å². The van der Waals surface area contributed by atoms with Crippen molar-refractivity contribution in [2.24, 2.45) is 0 Å². The lowest BCUT2D eigenvalue weighted by molar-refractivity contribution is 0.393. The van der Waals surface area contributed by atoms with Crippen molar-refractivity contribution < 1.29 is 4.52 Å². The lowest BCUT2D eigenvalue weighted by Gasteiger charge is -2.10. The van der Waals surface area contributed by atoms with Gasteiger partial charge >= 0.3 is 0 Å². The van der Waals surface area contributed by atoms with Gasteiger partial charge in [0.1, 0.15) is 16.1 Å². The lowest BCUT2D eigenvalue weighted by Crippen LogP contribution is -2.00. The summed E-state index contributed by atoms with van der Waals surface area (Å²) in [6.07, 6.45) is 0. The first-order valence-corrected chi connectivity index (χ1v) is 6.33. The van der Waals surface area contributed by atoms with Crippen molar-refractivity contribution in [3.8, 4) is 11.4 Å². The zero-order valence-electron chi connectivity index (χ0n) is 10.6. The van der Waals surface area contributed by atoms with Gasteiger partial charge in [0.15, 0.2) is 5.82 Å². The molecule has 0 saturated heterocycles. The number of nitrogens with zero attached hydrogens (tertiary/aromatic N) is 3. The maximum atomic E-state index is 6.16. The van der Waals surface area contributed by atoms with Crippen LogP contribution in [-0.4, -0.2) is 15.1 Å². The third-order valence-corrected chi connectivity index (χ3v) is 3.26. The van der Waals surface area contributed by atoms with Crippen molar-refractivity contribution in [2.45, 2.75) is 33.6 Å². The van der Waals surface area contributed by atoms with Gasteiger partial charge in [0.25, 0.3) is 0 Å². The third-order valence-electron chi connectivity index (χ3n) is 2.69. The molecule has 0 amide bonds. The van der Waals surface area contributed by atoms with E-state index in [0.717, 1.165) is 16.8 Å². The molecule has 0 radical (unpaired) electrons. The zero-order valence-corrected chi connectivity index (χ0v) is 12.1. The molecule has 18 heavy (non-hydrogen) atoms. The minimum absolute atomic E-state index is 0.170. The van der Waals surface area contributed by atoms with Crippen molar-refractivity contribution in [1.82, 2.24) is 15.1 Å². The van der Waals surface area contributed by atoms with Crippen LogP contribution in [0.2, 0.25) is 10.3 Å². The Bertz CT molecular complexity index is 550. The number of hydrogen-bond donors (Lipinski definition) is 0. The highest BCUT2D eigenvalue weighted by Crippen LogP contribution is 2.32. The van der Waals surface area contributed by atoms with Crippen molar-refractivity contribution in [3.63, 3.8) is 0 Å². The molecule has 2 aromatic rings. The number of hydrogen-bond acceptors (Lipinski definition) is 4. The van der Waals surface area contributed by atoms with Gasteiger partial charge in [0, 0.05) is 5.56 Å².